The predicted octanol–water partition coefficient (Wildman–Crippen LogP) is 0.354. The number of rotatable bonds is 4. The van der Waals surface area contributed by atoms with Crippen molar-refractivity contribution in [1.82, 2.24) is 15.5 Å². The molecule has 0 radical (unpaired) electrons. The fourth-order valence-electron chi connectivity index (χ4n) is 2.91. The zero-order chi connectivity index (χ0) is 13.7. The smallest absolute Gasteiger partial charge is 0.237 e. The van der Waals surface area contributed by atoms with Gasteiger partial charge in [0, 0.05) is 31.7 Å². The highest BCUT2D eigenvalue weighted by atomic mass is 16.5. The Bertz CT molecular complexity index is 292. The van der Waals surface area contributed by atoms with Gasteiger partial charge in [0.15, 0.2) is 0 Å². The molecule has 0 aromatic heterocycles. The normalized spacial score (nSPS) is 30.8. The number of ether oxygens (including phenoxy) is 1. The first-order chi connectivity index (χ1) is 9.15. The average molecular weight is 269 g/mol. The number of amides is 1. The van der Waals surface area contributed by atoms with Gasteiger partial charge in [-0.3, -0.25) is 9.69 Å². The largest absolute Gasteiger partial charge is 0.379 e. The minimum absolute atomic E-state index is 0.00381. The van der Waals surface area contributed by atoms with Crippen LogP contribution >= 0.6 is 0 Å². The lowest BCUT2D eigenvalue weighted by atomic mass is 9.99. The molecule has 2 aliphatic heterocycles. The molecule has 3 atom stereocenters. The van der Waals surface area contributed by atoms with Gasteiger partial charge in [0.1, 0.15) is 0 Å². The maximum absolute atomic E-state index is 12.2. The summed E-state index contributed by atoms with van der Waals surface area (Å²) in [7, 11) is 0. The molecule has 3 unspecified atom stereocenters. The molecule has 19 heavy (non-hydrogen) atoms. The highest BCUT2D eigenvalue weighted by molar-refractivity contribution is 5.82. The molecule has 2 heterocycles. The van der Waals surface area contributed by atoms with E-state index in [1.807, 2.05) is 0 Å². The van der Waals surface area contributed by atoms with Crippen LogP contribution in [0.2, 0.25) is 0 Å². The van der Waals surface area contributed by atoms with Gasteiger partial charge in [-0.15, -0.1) is 0 Å². The number of nitrogens with one attached hydrogen (secondary N) is 2. The minimum Gasteiger partial charge on any atom is -0.379 e. The van der Waals surface area contributed by atoms with Gasteiger partial charge in [0.25, 0.3) is 0 Å². The summed E-state index contributed by atoms with van der Waals surface area (Å²) < 4.78 is 5.33. The fourth-order valence-corrected chi connectivity index (χ4v) is 2.91. The van der Waals surface area contributed by atoms with Crippen LogP contribution in [0.25, 0.3) is 0 Å². The first kappa shape index (κ1) is 14.8. The summed E-state index contributed by atoms with van der Waals surface area (Å²) in [5.41, 5.74) is 0. The summed E-state index contributed by atoms with van der Waals surface area (Å²) in [6.07, 6.45) is 3.28. The Hall–Kier alpha value is -0.650. The summed E-state index contributed by atoms with van der Waals surface area (Å²) >= 11 is 0. The maximum atomic E-state index is 12.2. The standard InChI is InChI=1S/C14H27N3O2/c1-11-4-3-5-13(15-11)14(18)16-12(2)10-17-6-8-19-9-7-17/h11-13,15H,3-10H2,1-2H3,(H,16,18). The predicted molar refractivity (Wildman–Crippen MR) is 75.1 cm³/mol. The molecule has 5 heteroatoms. The van der Waals surface area contributed by atoms with Crippen LogP contribution < -0.4 is 10.6 Å². The van der Waals surface area contributed by atoms with E-state index in [0.29, 0.717) is 6.04 Å². The highest BCUT2D eigenvalue weighted by Gasteiger charge is 2.25. The lowest BCUT2D eigenvalue weighted by molar-refractivity contribution is -0.124. The summed E-state index contributed by atoms with van der Waals surface area (Å²) in [6, 6.07) is 0.652. The van der Waals surface area contributed by atoms with E-state index in [9.17, 15) is 4.79 Å². The maximum Gasteiger partial charge on any atom is 0.237 e. The number of piperidine rings is 1. The molecular formula is C14H27N3O2. The van der Waals surface area contributed by atoms with Crippen LogP contribution in [0.3, 0.4) is 0 Å². The highest BCUT2D eigenvalue weighted by Crippen LogP contribution is 2.12. The van der Waals surface area contributed by atoms with Crippen molar-refractivity contribution in [3.63, 3.8) is 0 Å². The molecule has 2 aliphatic rings. The van der Waals surface area contributed by atoms with Crippen LogP contribution in [0.15, 0.2) is 0 Å². The van der Waals surface area contributed by atoms with E-state index in [1.54, 1.807) is 0 Å². The fraction of sp³-hybridized carbons (Fsp3) is 0.929. The number of hydrogen-bond acceptors (Lipinski definition) is 4. The van der Waals surface area contributed by atoms with E-state index in [0.717, 1.165) is 45.7 Å². The molecule has 0 aliphatic carbocycles. The summed E-state index contributed by atoms with van der Waals surface area (Å²) in [6.45, 7) is 8.70. The van der Waals surface area contributed by atoms with E-state index < -0.39 is 0 Å². The third-order valence-corrected chi connectivity index (χ3v) is 3.96. The quantitative estimate of drug-likeness (QED) is 0.773. The first-order valence-electron chi connectivity index (χ1n) is 7.51. The molecule has 1 amide bonds. The van der Waals surface area contributed by atoms with Gasteiger partial charge in [-0.25, -0.2) is 0 Å². The Balaban J connectivity index is 1.71. The van der Waals surface area contributed by atoms with Crippen molar-refractivity contribution < 1.29 is 9.53 Å². The van der Waals surface area contributed by atoms with Crippen LogP contribution in [0.1, 0.15) is 33.1 Å². The molecule has 110 valence electrons. The SMILES string of the molecule is CC(CN1CCOCC1)NC(=O)C1CCCC(C)N1. The van der Waals surface area contributed by atoms with Crippen molar-refractivity contribution >= 4 is 5.91 Å². The molecular weight excluding hydrogens is 242 g/mol. The van der Waals surface area contributed by atoms with Crippen molar-refractivity contribution in [2.75, 3.05) is 32.8 Å². The van der Waals surface area contributed by atoms with E-state index >= 15 is 0 Å². The van der Waals surface area contributed by atoms with Gasteiger partial charge in [-0.05, 0) is 33.1 Å². The molecule has 0 aromatic carbocycles. The summed E-state index contributed by atoms with van der Waals surface area (Å²) in [5.74, 6) is 0.160. The van der Waals surface area contributed by atoms with Gasteiger partial charge < -0.3 is 15.4 Å². The summed E-state index contributed by atoms with van der Waals surface area (Å²) in [4.78, 5) is 14.5. The van der Waals surface area contributed by atoms with Crippen LogP contribution in [-0.2, 0) is 9.53 Å². The molecule has 0 saturated carbocycles. The Morgan fingerprint density at radius 3 is 2.84 bits per heavy atom. The molecule has 2 rings (SSSR count). The van der Waals surface area contributed by atoms with Gasteiger partial charge in [-0.2, -0.15) is 0 Å². The second kappa shape index (κ2) is 7.22. The topological polar surface area (TPSA) is 53.6 Å². The van der Waals surface area contributed by atoms with E-state index in [2.05, 4.69) is 29.4 Å². The first-order valence-corrected chi connectivity index (χ1v) is 7.51. The lowest BCUT2D eigenvalue weighted by Crippen LogP contribution is -2.54. The molecule has 2 saturated heterocycles. The minimum atomic E-state index is -0.00381. The van der Waals surface area contributed by atoms with Crippen molar-refractivity contribution in [2.24, 2.45) is 0 Å². The Kier molecular flexibility index (Phi) is 5.60. The van der Waals surface area contributed by atoms with Gasteiger partial charge in [0.05, 0.1) is 19.3 Å². The zero-order valence-corrected chi connectivity index (χ0v) is 12.2. The Labute approximate surface area is 116 Å². The average Bonchev–Trinajstić information content (AvgIpc) is 2.39. The number of hydrogen-bond donors (Lipinski definition) is 2. The Morgan fingerprint density at radius 2 is 2.16 bits per heavy atom. The number of morpholine rings is 1. The number of carbonyl (C=O) groups is 1. The third kappa shape index (κ3) is 4.75. The van der Waals surface area contributed by atoms with E-state index in [-0.39, 0.29) is 18.0 Å². The molecule has 0 bridgehead atoms. The van der Waals surface area contributed by atoms with Crippen molar-refractivity contribution in [1.29, 1.82) is 0 Å². The van der Waals surface area contributed by atoms with Crippen LogP contribution in [0.5, 0.6) is 0 Å². The van der Waals surface area contributed by atoms with Gasteiger partial charge >= 0.3 is 0 Å². The van der Waals surface area contributed by atoms with Gasteiger partial charge in [0.2, 0.25) is 5.91 Å². The Morgan fingerprint density at radius 1 is 1.42 bits per heavy atom. The van der Waals surface area contributed by atoms with Crippen LogP contribution in [0.4, 0.5) is 0 Å². The molecule has 2 fully saturated rings. The van der Waals surface area contributed by atoms with Crippen LogP contribution in [0, 0.1) is 0 Å². The molecule has 0 aromatic rings. The van der Waals surface area contributed by atoms with Crippen molar-refractivity contribution in [3.05, 3.63) is 0 Å². The number of carbonyl (C=O) groups excluding carboxylic acids is 1. The van der Waals surface area contributed by atoms with E-state index in [4.69, 9.17) is 4.74 Å². The van der Waals surface area contributed by atoms with Crippen molar-refractivity contribution in [3.8, 4) is 0 Å². The molecule has 5 nitrogen and oxygen atoms in total. The monoisotopic (exact) mass is 269 g/mol. The van der Waals surface area contributed by atoms with Gasteiger partial charge in [-0.1, -0.05) is 0 Å². The zero-order valence-electron chi connectivity index (χ0n) is 12.2. The number of nitrogens with zero attached hydrogens (tertiary/aromatic N) is 1. The van der Waals surface area contributed by atoms with E-state index in [1.165, 1.54) is 6.42 Å². The molecule has 2 N–H and O–H groups in total. The lowest BCUT2D eigenvalue weighted by Gasteiger charge is -2.32. The third-order valence-electron chi connectivity index (χ3n) is 3.96. The molecule has 0 spiro atoms. The second-order valence-corrected chi connectivity index (χ2v) is 5.87. The second-order valence-electron chi connectivity index (χ2n) is 5.87. The van der Waals surface area contributed by atoms with Crippen LogP contribution in [-0.4, -0.2) is 61.8 Å². The summed E-state index contributed by atoms with van der Waals surface area (Å²) in [5, 5.41) is 6.51. The van der Waals surface area contributed by atoms with Crippen molar-refractivity contribution in [2.45, 2.75) is 51.2 Å².